The summed E-state index contributed by atoms with van der Waals surface area (Å²) in [5.41, 5.74) is 2.35. The zero-order valence-corrected chi connectivity index (χ0v) is 20.2. The van der Waals surface area contributed by atoms with Crippen molar-refractivity contribution in [1.82, 2.24) is 4.90 Å². The second-order valence-corrected chi connectivity index (χ2v) is 10.5. The lowest BCUT2D eigenvalue weighted by Crippen LogP contribution is -2.37. The SMILES string of the molecule is CC(C)(C)c1ccc(C2C(C(=O)c3ccc(Br)cc3)C(=O)C(=O)N2CC2CCCO2)cc1. The second kappa shape index (κ2) is 8.91. The quantitative estimate of drug-likeness (QED) is 0.335. The van der Waals surface area contributed by atoms with Crippen LogP contribution in [0.4, 0.5) is 0 Å². The van der Waals surface area contributed by atoms with E-state index in [1.165, 1.54) is 0 Å². The summed E-state index contributed by atoms with van der Waals surface area (Å²) in [6, 6.07) is 14.2. The van der Waals surface area contributed by atoms with Gasteiger partial charge in [-0.1, -0.05) is 73.1 Å². The summed E-state index contributed by atoms with van der Waals surface area (Å²) in [7, 11) is 0. The fourth-order valence-corrected chi connectivity index (χ4v) is 4.80. The number of halogens is 1. The maximum Gasteiger partial charge on any atom is 0.291 e. The standard InChI is InChI=1S/C26H28BrNO4/c1-26(2,3)18-10-6-16(7-11-18)22-21(23(29)17-8-12-19(27)13-9-17)24(30)25(31)28(22)15-20-5-4-14-32-20/h6-13,20-22H,4-5,14-15H2,1-3H3. The third-order valence-electron chi connectivity index (χ3n) is 6.36. The third-order valence-corrected chi connectivity index (χ3v) is 6.89. The molecule has 0 aliphatic carbocycles. The minimum atomic E-state index is -1.06. The molecule has 6 heteroatoms. The van der Waals surface area contributed by atoms with Crippen LogP contribution in [-0.4, -0.2) is 41.6 Å². The molecule has 2 aromatic rings. The largest absolute Gasteiger partial charge is 0.376 e. The van der Waals surface area contributed by atoms with Gasteiger partial charge in [0.05, 0.1) is 12.1 Å². The molecule has 0 saturated carbocycles. The number of Topliss-reactive ketones (excluding diaryl/α,β-unsaturated/α-hetero) is 2. The molecule has 2 aliphatic rings. The predicted molar refractivity (Wildman–Crippen MR) is 126 cm³/mol. The van der Waals surface area contributed by atoms with E-state index in [4.69, 9.17) is 4.74 Å². The van der Waals surface area contributed by atoms with E-state index in [0.717, 1.165) is 28.4 Å². The maximum atomic E-state index is 13.5. The molecule has 2 heterocycles. The summed E-state index contributed by atoms with van der Waals surface area (Å²) in [5, 5.41) is 0. The number of likely N-dealkylation sites (tertiary alicyclic amines) is 1. The van der Waals surface area contributed by atoms with Crippen LogP contribution in [0.1, 0.15) is 61.1 Å². The van der Waals surface area contributed by atoms with Crippen molar-refractivity contribution in [3.63, 3.8) is 0 Å². The van der Waals surface area contributed by atoms with Crippen molar-refractivity contribution >= 4 is 33.4 Å². The third kappa shape index (κ3) is 4.44. The minimum Gasteiger partial charge on any atom is -0.376 e. The summed E-state index contributed by atoms with van der Waals surface area (Å²) in [6.45, 7) is 7.38. The van der Waals surface area contributed by atoms with Gasteiger partial charge in [0.25, 0.3) is 5.91 Å². The summed E-state index contributed by atoms with van der Waals surface area (Å²) < 4.78 is 6.59. The average molecular weight is 498 g/mol. The number of carbonyl (C=O) groups is 3. The Morgan fingerprint density at radius 3 is 2.28 bits per heavy atom. The Bertz CT molecular complexity index is 1020. The highest BCUT2D eigenvalue weighted by atomic mass is 79.9. The molecule has 1 amide bonds. The molecular weight excluding hydrogens is 470 g/mol. The van der Waals surface area contributed by atoms with E-state index in [0.29, 0.717) is 18.7 Å². The lowest BCUT2D eigenvalue weighted by Gasteiger charge is -2.29. The Morgan fingerprint density at radius 2 is 1.72 bits per heavy atom. The van der Waals surface area contributed by atoms with Gasteiger partial charge in [-0.05, 0) is 41.5 Å². The number of nitrogens with zero attached hydrogens (tertiary/aromatic N) is 1. The van der Waals surface area contributed by atoms with Gasteiger partial charge in [0.1, 0.15) is 5.92 Å². The lowest BCUT2D eigenvalue weighted by atomic mass is 9.83. The van der Waals surface area contributed by atoms with Gasteiger partial charge in [-0.2, -0.15) is 0 Å². The van der Waals surface area contributed by atoms with E-state index in [2.05, 4.69) is 36.7 Å². The van der Waals surface area contributed by atoms with Crippen molar-refractivity contribution in [1.29, 1.82) is 0 Å². The average Bonchev–Trinajstić information content (AvgIpc) is 3.36. The van der Waals surface area contributed by atoms with Gasteiger partial charge in [-0.15, -0.1) is 0 Å². The van der Waals surface area contributed by atoms with E-state index in [9.17, 15) is 14.4 Å². The van der Waals surface area contributed by atoms with Crippen LogP contribution < -0.4 is 0 Å². The number of ketones is 2. The van der Waals surface area contributed by atoms with Crippen LogP contribution in [0.3, 0.4) is 0 Å². The Hall–Kier alpha value is -2.31. The zero-order chi connectivity index (χ0) is 23.0. The number of carbonyl (C=O) groups excluding carboxylic acids is 3. The van der Waals surface area contributed by atoms with Gasteiger partial charge in [0.15, 0.2) is 5.78 Å². The number of hydrogen-bond acceptors (Lipinski definition) is 4. The molecule has 0 N–H and O–H groups in total. The fourth-order valence-electron chi connectivity index (χ4n) is 4.54. The summed E-state index contributed by atoms with van der Waals surface area (Å²) in [5.74, 6) is -2.62. The first-order valence-corrected chi connectivity index (χ1v) is 11.8. The number of rotatable bonds is 5. The van der Waals surface area contributed by atoms with Crippen LogP contribution in [0.25, 0.3) is 0 Å². The van der Waals surface area contributed by atoms with E-state index in [1.807, 2.05) is 24.3 Å². The van der Waals surface area contributed by atoms with Crippen LogP contribution in [-0.2, 0) is 19.7 Å². The van der Waals surface area contributed by atoms with Crippen molar-refractivity contribution in [2.75, 3.05) is 13.2 Å². The Balaban J connectivity index is 1.74. The molecule has 2 fully saturated rings. The first-order chi connectivity index (χ1) is 15.2. The number of benzene rings is 2. The smallest absolute Gasteiger partial charge is 0.291 e. The highest BCUT2D eigenvalue weighted by molar-refractivity contribution is 9.10. The van der Waals surface area contributed by atoms with Gasteiger partial charge in [-0.25, -0.2) is 0 Å². The fraction of sp³-hybridized carbons (Fsp3) is 0.423. The van der Waals surface area contributed by atoms with E-state index in [1.54, 1.807) is 29.2 Å². The number of hydrogen-bond donors (Lipinski definition) is 0. The van der Waals surface area contributed by atoms with Crippen molar-refractivity contribution in [2.24, 2.45) is 5.92 Å². The second-order valence-electron chi connectivity index (χ2n) is 9.62. The molecule has 3 unspecified atom stereocenters. The molecule has 32 heavy (non-hydrogen) atoms. The molecule has 2 aromatic carbocycles. The van der Waals surface area contributed by atoms with Crippen LogP contribution >= 0.6 is 15.9 Å². The molecular formula is C26H28BrNO4. The van der Waals surface area contributed by atoms with E-state index in [-0.39, 0.29) is 17.3 Å². The minimum absolute atomic E-state index is 0.0239. The van der Waals surface area contributed by atoms with Crippen LogP contribution in [0, 0.1) is 5.92 Å². The van der Waals surface area contributed by atoms with Crippen LogP contribution in [0.5, 0.6) is 0 Å². The molecule has 0 bridgehead atoms. The molecule has 0 radical (unpaired) electrons. The Kier molecular flexibility index (Phi) is 6.37. The molecule has 4 rings (SSSR count). The van der Waals surface area contributed by atoms with Gasteiger partial charge in [0.2, 0.25) is 5.78 Å². The van der Waals surface area contributed by atoms with Crippen LogP contribution in [0.15, 0.2) is 53.0 Å². The monoisotopic (exact) mass is 497 g/mol. The predicted octanol–water partition coefficient (Wildman–Crippen LogP) is 4.88. The van der Waals surface area contributed by atoms with E-state index < -0.39 is 23.7 Å². The first kappa shape index (κ1) is 22.9. The summed E-state index contributed by atoms with van der Waals surface area (Å²) in [4.78, 5) is 41.2. The highest BCUT2D eigenvalue weighted by Crippen LogP contribution is 2.39. The molecule has 3 atom stereocenters. The molecule has 0 spiro atoms. The van der Waals surface area contributed by atoms with Gasteiger partial charge >= 0.3 is 0 Å². The van der Waals surface area contributed by atoms with Crippen LogP contribution in [0.2, 0.25) is 0 Å². The summed E-state index contributed by atoms with van der Waals surface area (Å²) >= 11 is 3.37. The molecule has 2 saturated heterocycles. The number of ether oxygens (including phenoxy) is 1. The topological polar surface area (TPSA) is 63.7 Å². The van der Waals surface area contributed by atoms with Crippen molar-refractivity contribution in [3.05, 3.63) is 69.7 Å². The van der Waals surface area contributed by atoms with Gasteiger partial charge < -0.3 is 9.64 Å². The van der Waals surface area contributed by atoms with E-state index >= 15 is 0 Å². The molecule has 0 aromatic heterocycles. The van der Waals surface area contributed by atoms with Crippen molar-refractivity contribution in [2.45, 2.75) is 51.2 Å². The molecule has 2 aliphatic heterocycles. The Labute approximate surface area is 197 Å². The summed E-state index contributed by atoms with van der Waals surface area (Å²) in [6.07, 6.45) is 1.68. The normalized spacial score (nSPS) is 23.8. The zero-order valence-electron chi connectivity index (χ0n) is 18.6. The van der Waals surface area contributed by atoms with Gasteiger partial charge in [0, 0.05) is 23.2 Å². The number of amides is 1. The van der Waals surface area contributed by atoms with Crippen molar-refractivity contribution < 1.29 is 19.1 Å². The Morgan fingerprint density at radius 1 is 1.06 bits per heavy atom. The van der Waals surface area contributed by atoms with Crippen molar-refractivity contribution in [3.8, 4) is 0 Å². The highest BCUT2D eigenvalue weighted by Gasteiger charge is 2.52. The van der Waals surface area contributed by atoms with Gasteiger partial charge in [-0.3, -0.25) is 14.4 Å². The lowest BCUT2D eigenvalue weighted by molar-refractivity contribution is -0.141. The maximum absolute atomic E-state index is 13.5. The first-order valence-electron chi connectivity index (χ1n) is 11.0. The molecule has 168 valence electrons. The molecule has 5 nitrogen and oxygen atoms in total.